The Kier molecular flexibility index (Phi) is 5.68. The Labute approximate surface area is 169 Å². The summed E-state index contributed by atoms with van der Waals surface area (Å²) in [4.78, 5) is 4.84. The molecule has 1 aliphatic heterocycles. The lowest BCUT2D eigenvalue weighted by Gasteiger charge is -2.20. The van der Waals surface area contributed by atoms with Crippen LogP contribution in [0.3, 0.4) is 0 Å². The molecule has 3 heterocycles. The lowest BCUT2D eigenvalue weighted by molar-refractivity contribution is 0.297. The molecule has 0 atom stereocenters. The number of hydrogen-bond acceptors (Lipinski definition) is 7. The second-order valence-corrected chi connectivity index (χ2v) is 8.47. The first-order chi connectivity index (χ1) is 13.6. The van der Waals surface area contributed by atoms with Crippen molar-refractivity contribution in [2.45, 2.75) is 52.1 Å². The van der Waals surface area contributed by atoms with Crippen LogP contribution in [-0.2, 0) is 6.61 Å². The number of nitrogens with zero attached hydrogens (tertiary/aromatic N) is 5. The zero-order valence-corrected chi connectivity index (χ0v) is 17.4. The van der Waals surface area contributed by atoms with Crippen LogP contribution < -0.4 is 10.1 Å². The number of hydrogen-bond donors (Lipinski definition) is 1. The SMILES string of the molecule is Cc1cc(OCc2csc(C3CCNCC3)n2)c(C(C)C)cc1-n1cnnn1. The standard InChI is InChI=1S/C20H26N6OS/c1-13(2)17-9-18(26-12-22-24-25-26)14(3)8-19(17)27-10-16-11-28-20(23-16)15-4-6-21-7-5-15/h8-9,11-13,15,21H,4-7,10H2,1-3H3. The summed E-state index contributed by atoms with van der Waals surface area (Å²) in [6.07, 6.45) is 3.96. The van der Waals surface area contributed by atoms with Gasteiger partial charge in [0, 0.05) is 11.3 Å². The summed E-state index contributed by atoms with van der Waals surface area (Å²) in [5.41, 5.74) is 4.20. The van der Waals surface area contributed by atoms with Crippen molar-refractivity contribution >= 4 is 11.3 Å². The number of aryl methyl sites for hydroxylation is 1. The third-order valence-electron chi connectivity index (χ3n) is 5.18. The molecule has 0 spiro atoms. The van der Waals surface area contributed by atoms with E-state index in [4.69, 9.17) is 9.72 Å². The Hall–Kier alpha value is -2.32. The van der Waals surface area contributed by atoms with Crippen LogP contribution >= 0.6 is 11.3 Å². The van der Waals surface area contributed by atoms with Gasteiger partial charge in [-0.25, -0.2) is 9.67 Å². The number of aromatic nitrogens is 5. The molecule has 0 bridgehead atoms. The topological polar surface area (TPSA) is 77.8 Å². The Morgan fingerprint density at radius 1 is 1.29 bits per heavy atom. The summed E-state index contributed by atoms with van der Waals surface area (Å²) in [7, 11) is 0. The number of rotatable bonds is 6. The van der Waals surface area contributed by atoms with Gasteiger partial charge >= 0.3 is 0 Å². The maximum Gasteiger partial charge on any atom is 0.143 e. The number of thiazole rings is 1. The number of benzene rings is 1. The summed E-state index contributed by atoms with van der Waals surface area (Å²) in [5, 5.41) is 18.3. The second-order valence-electron chi connectivity index (χ2n) is 7.58. The molecular formula is C20H26N6OS. The van der Waals surface area contributed by atoms with Crippen molar-refractivity contribution < 1.29 is 4.74 Å². The van der Waals surface area contributed by atoms with Crippen LogP contribution in [0.25, 0.3) is 5.69 Å². The minimum atomic E-state index is 0.326. The largest absolute Gasteiger partial charge is 0.487 e. The molecular weight excluding hydrogens is 372 g/mol. The zero-order valence-electron chi connectivity index (χ0n) is 16.6. The van der Waals surface area contributed by atoms with Crippen molar-refractivity contribution in [3.8, 4) is 11.4 Å². The fraction of sp³-hybridized carbons (Fsp3) is 0.500. The predicted molar refractivity (Wildman–Crippen MR) is 109 cm³/mol. The summed E-state index contributed by atoms with van der Waals surface area (Å²) >= 11 is 1.76. The third kappa shape index (κ3) is 4.07. The van der Waals surface area contributed by atoms with Crippen LogP contribution in [0, 0.1) is 6.92 Å². The molecule has 2 aromatic heterocycles. The summed E-state index contributed by atoms with van der Waals surface area (Å²) in [5.74, 6) is 1.82. The highest BCUT2D eigenvalue weighted by Crippen LogP contribution is 2.32. The molecule has 148 valence electrons. The summed E-state index contributed by atoms with van der Waals surface area (Å²) in [6.45, 7) is 9.04. The fourth-order valence-electron chi connectivity index (χ4n) is 3.58. The van der Waals surface area contributed by atoms with Gasteiger partial charge in [-0.15, -0.1) is 16.4 Å². The first-order valence-electron chi connectivity index (χ1n) is 9.77. The van der Waals surface area contributed by atoms with Gasteiger partial charge in [-0.2, -0.15) is 0 Å². The molecule has 0 aliphatic carbocycles. The van der Waals surface area contributed by atoms with E-state index in [1.807, 2.05) is 6.92 Å². The number of ether oxygens (including phenoxy) is 1. The minimum absolute atomic E-state index is 0.326. The normalized spacial score (nSPS) is 15.3. The molecule has 8 heteroatoms. The molecule has 0 saturated carbocycles. The number of tetrazole rings is 1. The summed E-state index contributed by atoms with van der Waals surface area (Å²) < 4.78 is 7.90. The number of nitrogens with one attached hydrogen (secondary N) is 1. The average Bonchev–Trinajstić information content (AvgIpc) is 3.39. The van der Waals surface area contributed by atoms with E-state index in [-0.39, 0.29) is 0 Å². The molecule has 1 aromatic carbocycles. The van der Waals surface area contributed by atoms with Gasteiger partial charge in [0.25, 0.3) is 0 Å². The van der Waals surface area contributed by atoms with Gasteiger partial charge in [-0.1, -0.05) is 13.8 Å². The molecule has 1 aliphatic rings. The molecule has 1 fully saturated rings. The Bertz CT molecular complexity index is 915. The second kappa shape index (κ2) is 8.36. The van der Waals surface area contributed by atoms with E-state index in [9.17, 15) is 0 Å². The predicted octanol–water partition coefficient (Wildman–Crippen LogP) is 3.60. The van der Waals surface area contributed by atoms with Gasteiger partial charge in [0.15, 0.2) is 0 Å². The molecule has 0 radical (unpaired) electrons. The highest BCUT2D eigenvalue weighted by Gasteiger charge is 2.19. The van der Waals surface area contributed by atoms with E-state index in [1.165, 1.54) is 17.8 Å². The molecule has 4 rings (SSSR count). The zero-order chi connectivity index (χ0) is 19.5. The van der Waals surface area contributed by atoms with Crippen molar-refractivity contribution in [3.05, 3.63) is 45.7 Å². The van der Waals surface area contributed by atoms with Crippen LogP contribution in [0.1, 0.15) is 60.4 Å². The van der Waals surface area contributed by atoms with E-state index < -0.39 is 0 Å². The maximum absolute atomic E-state index is 6.21. The van der Waals surface area contributed by atoms with Crippen LogP contribution in [0.5, 0.6) is 5.75 Å². The summed E-state index contributed by atoms with van der Waals surface area (Å²) in [6, 6.07) is 4.19. The van der Waals surface area contributed by atoms with Crippen molar-refractivity contribution in [1.29, 1.82) is 0 Å². The van der Waals surface area contributed by atoms with Gasteiger partial charge in [0.2, 0.25) is 0 Å². The minimum Gasteiger partial charge on any atom is -0.487 e. The van der Waals surface area contributed by atoms with Crippen LogP contribution in [0.15, 0.2) is 23.8 Å². The molecule has 7 nitrogen and oxygen atoms in total. The van der Waals surface area contributed by atoms with E-state index in [0.717, 1.165) is 41.3 Å². The smallest absolute Gasteiger partial charge is 0.143 e. The lowest BCUT2D eigenvalue weighted by Crippen LogP contribution is -2.26. The van der Waals surface area contributed by atoms with Crippen molar-refractivity contribution in [3.63, 3.8) is 0 Å². The van der Waals surface area contributed by atoms with E-state index >= 15 is 0 Å². The molecule has 28 heavy (non-hydrogen) atoms. The Balaban J connectivity index is 1.51. The molecule has 1 N–H and O–H groups in total. The molecule has 1 saturated heterocycles. The highest BCUT2D eigenvalue weighted by molar-refractivity contribution is 7.09. The monoisotopic (exact) mass is 398 g/mol. The third-order valence-corrected chi connectivity index (χ3v) is 6.24. The molecule has 0 amide bonds. The fourth-order valence-corrected chi connectivity index (χ4v) is 4.55. The lowest BCUT2D eigenvalue weighted by atomic mass is 9.99. The van der Waals surface area contributed by atoms with Crippen LogP contribution in [0.4, 0.5) is 0 Å². The van der Waals surface area contributed by atoms with E-state index in [2.05, 4.69) is 52.2 Å². The van der Waals surface area contributed by atoms with Crippen LogP contribution in [-0.4, -0.2) is 38.3 Å². The van der Waals surface area contributed by atoms with Crippen molar-refractivity contribution in [1.82, 2.24) is 30.5 Å². The average molecular weight is 399 g/mol. The van der Waals surface area contributed by atoms with E-state index in [0.29, 0.717) is 18.4 Å². The van der Waals surface area contributed by atoms with Crippen molar-refractivity contribution in [2.75, 3.05) is 13.1 Å². The van der Waals surface area contributed by atoms with Crippen molar-refractivity contribution in [2.24, 2.45) is 0 Å². The van der Waals surface area contributed by atoms with Gasteiger partial charge < -0.3 is 10.1 Å². The van der Waals surface area contributed by atoms with Gasteiger partial charge in [0.05, 0.1) is 16.4 Å². The molecule has 3 aromatic rings. The maximum atomic E-state index is 6.21. The van der Waals surface area contributed by atoms with Crippen LogP contribution in [0.2, 0.25) is 0 Å². The van der Waals surface area contributed by atoms with Gasteiger partial charge in [-0.3, -0.25) is 0 Å². The highest BCUT2D eigenvalue weighted by atomic mass is 32.1. The van der Waals surface area contributed by atoms with Gasteiger partial charge in [-0.05, 0) is 72.5 Å². The quantitative estimate of drug-likeness (QED) is 0.684. The van der Waals surface area contributed by atoms with E-state index in [1.54, 1.807) is 22.3 Å². The Morgan fingerprint density at radius 3 is 2.82 bits per heavy atom. The molecule has 0 unspecified atom stereocenters. The van der Waals surface area contributed by atoms with Gasteiger partial charge in [0.1, 0.15) is 18.7 Å². The first kappa shape index (κ1) is 19.0. The Morgan fingerprint density at radius 2 is 2.11 bits per heavy atom. The first-order valence-corrected chi connectivity index (χ1v) is 10.7. The number of piperidine rings is 1.